The molecule has 0 aliphatic carbocycles. The van der Waals surface area contributed by atoms with Gasteiger partial charge in [-0.15, -0.1) is 0 Å². The van der Waals surface area contributed by atoms with Crippen molar-refractivity contribution in [1.82, 2.24) is 9.78 Å². The Morgan fingerprint density at radius 3 is 2.29 bits per heavy atom. The van der Waals surface area contributed by atoms with Gasteiger partial charge in [0.1, 0.15) is 5.69 Å². The van der Waals surface area contributed by atoms with E-state index in [0.29, 0.717) is 5.69 Å². The summed E-state index contributed by atoms with van der Waals surface area (Å²) in [4.78, 5) is 11.7. The second-order valence-corrected chi connectivity index (χ2v) is 3.50. The molecule has 0 spiro atoms. The molecule has 0 unspecified atom stereocenters. The van der Waals surface area contributed by atoms with Crippen molar-refractivity contribution < 1.29 is 0 Å². The maximum Gasteiger partial charge on any atom is 0.290 e. The maximum atomic E-state index is 11.7. The van der Waals surface area contributed by atoms with Crippen LogP contribution in [0, 0.1) is 0 Å². The lowest BCUT2D eigenvalue weighted by atomic mass is 10.2. The summed E-state index contributed by atoms with van der Waals surface area (Å²) in [6, 6.07) is 0.241. The van der Waals surface area contributed by atoms with Gasteiger partial charge in [-0.1, -0.05) is 20.8 Å². The lowest BCUT2D eigenvalue weighted by Gasteiger charge is -2.12. The second-order valence-electron chi connectivity index (χ2n) is 3.50. The zero-order chi connectivity index (χ0) is 10.7. The third-order valence-electron chi connectivity index (χ3n) is 2.69. The lowest BCUT2D eigenvalue weighted by Crippen LogP contribution is -2.22. The van der Waals surface area contributed by atoms with Crippen LogP contribution in [0.25, 0.3) is 0 Å². The van der Waals surface area contributed by atoms with Crippen molar-refractivity contribution in [2.24, 2.45) is 0 Å². The zero-order valence-electron chi connectivity index (χ0n) is 9.13. The topological polar surface area (TPSA) is 63.8 Å². The predicted octanol–water partition coefficient (Wildman–Crippen LogP) is 1.68. The molecular formula is C10H19N3O. The van der Waals surface area contributed by atoms with Crippen LogP contribution in [0.2, 0.25) is 0 Å². The Morgan fingerprint density at radius 1 is 1.36 bits per heavy atom. The quantitative estimate of drug-likeness (QED) is 0.771. The Hall–Kier alpha value is -1.19. The Morgan fingerprint density at radius 2 is 1.93 bits per heavy atom. The fraction of sp³-hybridized carbons (Fsp3) is 0.700. The summed E-state index contributed by atoms with van der Waals surface area (Å²) < 4.78 is 1.66. The molecule has 1 aromatic heterocycles. The van der Waals surface area contributed by atoms with Crippen LogP contribution in [0.5, 0.6) is 0 Å². The summed E-state index contributed by atoms with van der Waals surface area (Å²) in [5.74, 6) is 0. The molecule has 0 amide bonds. The molecule has 1 rings (SSSR count). The van der Waals surface area contributed by atoms with Gasteiger partial charge in [0.15, 0.2) is 0 Å². The van der Waals surface area contributed by atoms with E-state index in [4.69, 9.17) is 5.73 Å². The third-order valence-corrected chi connectivity index (χ3v) is 2.69. The fourth-order valence-electron chi connectivity index (χ4n) is 1.70. The number of rotatable bonds is 4. The van der Waals surface area contributed by atoms with Crippen molar-refractivity contribution in [3.05, 3.63) is 16.0 Å². The summed E-state index contributed by atoms with van der Waals surface area (Å²) in [5, 5.41) is 3.08. The fourth-order valence-corrected chi connectivity index (χ4v) is 1.70. The molecule has 0 fully saturated rings. The van der Waals surface area contributed by atoms with E-state index in [1.54, 1.807) is 4.68 Å². The molecule has 1 heterocycles. The van der Waals surface area contributed by atoms with Crippen molar-refractivity contribution in [2.45, 2.75) is 46.1 Å². The summed E-state index contributed by atoms with van der Waals surface area (Å²) >= 11 is 0. The smallest absolute Gasteiger partial charge is 0.290 e. The van der Waals surface area contributed by atoms with Gasteiger partial charge in [-0.2, -0.15) is 0 Å². The zero-order valence-corrected chi connectivity index (χ0v) is 9.13. The number of hydrogen-bond donors (Lipinski definition) is 2. The number of aryl methyl sites for hydroxylation is 1. The first kappa shape index (κ1) is 10.9. The van der Waals surface area contributed by atoms with E-state index >= 15 is 0 Å². The standard InChI is InChI=1S/C10H19N3O/c1-4-7(5-2)13-10(14)9(11)8(6-3)12-13/h7,12H,4-6,11H2,1-3H3. The largest absolute Gasteiger partial charge is 0.393 e. The average Bonchev–Trinajstić information content (AvgIpc) is 2.48. The molecule has 80 valence electrons. The molecule has 4 nitrogen and oxygen atoms in total. The van der Waals surface area contributed by atoms with Gasteiger partial charge in [-0.25, -0.2) is 4.68 Å². The minimum atomic E-state index is -0.0736. The van der Waals surface area contributed by atoms with Crippen LogP contribution in [0.3, 0.4) is 0 Å². The van der Waals surface area contributed by atoms with Crippen LogP contribution in [-0.4, -0.2) is 9.78 Å². The summed E-state index contributed by atoms with van der Waals surface area (Å²) in [7, 11) is 0. The van der Waals surface area contributed by atoms with Crippen molar-refractivity contribution in [3.8, 4) is 0 Å². The van der Waals surface area contributed by atoms with Crippen molar-refractivity contribution in [2.75, 3.05) is 5.73 Å². The molecule has 0 saturated carbocycles. The highest BCUT2D eigenvalue weighted by Gasteiger charge is 2.14. The first-order chi connectivity index (χ1) is 6.65. The first-order valence-corrected chi connectivity index (χ1v) is 5.24. The van der Waals surface area contributed by atoms with Gasteiger partial charge in [-0.3, -0.25) is 9.89 Å². The second kappa shape index (κ2) is 4.35. The first-order valence-electron chi connectivity index (χ1n) is 5.24. The molecule has 0 radical (unpaired) electrons. The van der Waals surface area contributed by atoms with Crippen molar-refractivity contribution in [3.63, 3.8) is 0 Å². The molecule has 4 heteroatoms. The molecule has 1 aromatic rings. The van der Waals surface area contributed by atoms with Crippen LogP contribution in [0.15, 0.2) is 4.79 Å². The average molecular weight is 197 g/mol. The number of nitrogens with two attached hydrogens (primary N) is 1. The minimum absolute atomic E-state index is 0.0736. The number of nitrogen functional groups attached to an aromatic ring is 1. The van der Waals surface area contributed by atoms with Crippen LogP contribution in [-0.2, 0) is 6.42 Å². The SMILES string of the molecule is CCc1[nH]n(C(CC)CC)c(=O)c1N. The van der Waals surface area contributed by atoms with Gasteiger partial charge in [0.25, 0.3) is 5.56 Å². The normalized spacial score (nSPS) is 11.1. The number of aromatic amines is 1. The highest BCUT2D eigenvalue weighted by atomic mass is 16.1. The van der Waals surface area contributed by atoms with Crippen molar-refractivity contribution in [1.29, 1.82) is 0 Å². The van der Waals surface area contributed by atoms with E-state index in [2.05, 4.69) is 18.9 Å². The summed E-state index contributed by atoms with van der Waals surface area (Å²) in [6.45, 7) is 6.13. The van der Waals surface area contributed by atoms with Gasteiger partial charge in [0, 0.05) is 0 Å². The Bertz CT molecular complexity index is 347. The van der Waals surface area contributed by atoms with Crippen LogP contribution in [0.4, 0.5) is 5.69 Å². The van der Waals surface area contributed by atoms with Crippen LogP contribution >= 0.6 is 0 Å². The van der Waals surface area contributed by atoms with E-state index in [1.807, 2.05) is 6.92 Å². The monoisotopic (exact) mass is 197 g/mol. The van der Waals surface area contributed by atoms with Crippen molar-refractivity contribution >= 4 is 5.69 Å². The van der Waals surface area contributed by atoms with Gasteiger partial charge < -0.3 is 5.73 Å². The molecule has 14 heavy (non-hydrogen) atoms. The number of nitrogens with one attached hydrogen (secondary N) is 1. The van der Waals surface area contributed by atoms with Crippen LogP contribution < -0.4 is 11.3 Å². The van der Waals surface area contributed by atoms with E-state index < -0.39 is 0 Å². The van der Waals surface area contributed by atoms with Gasteiger partial charge >= 0.3 is 0 Å². The predicted molar refractivity (Wildman–Crippen MR) is 58.5 cm³/mol. The number of anilines is 1. The molecule has 0 aliphatic heterocycles. The molecule has 0 saturated heterocycles. The molecule has 0 atom stereocenters. The summed E-state index contributed by atoms with van der Waals surface area (Å²) in [6.07, 6.45) is 2.66. The Labute approximate surface area is 84.1 Å². The number of nitrogens with zero attached hydrogens (tertiary/aromatic N) is 1. The van der Waals surface area contributed by atoms with Gasteiger partial charge in [-0.05, 0) is 19.3 Å². The van der Waals surface area contributed by atoms with E-state index in [9.17, 15) is 4.79 Å². The maximum absolute atomic E-state index is 11.7. The molecular weight excluding hydrogens is 178 g/mol. The van der Waals surface area contributed by atoms with Gasteiger partial charge in [0.2, 0.25) is 0 Å². The van der Waals surface area contributed by atoms with E-state index in [-0.39, 0.29) is 11.6 Å². The minimum Gasteiger partial charge on any atom is -0.393 e. The van der Waals surface area contributed by atoms with Crippen LogP contribution in [0.1, 0.15) is 45.3 Å². The highest BCUT2D eigenvalue weighted by Crippen LogP contribution is 2.14. The highest BCUT2D eigenvalue weighted by molar-refractivity contribution is 5.40. The summed E-state index contributed by atoms with van der Waals surface area (Å²) in [5.41, 5.74) is 6.85. The Balaban J connectivity index is 3.15. The molecule has 3 N–H and O–H groups in total. The number of hydrogen-bond acceptors (Lipinski definition) is 2. The molecule has 0 aliphatic rings. The Kier molecular flexibility index (Phi) is 3.38. The van der Waals surface area contributed by atoms with E-state index in [0.717, 1.165) is 25.0 Å². The van der Waals surface area contributed by atoms with Gasteiger partial charge in [0.05, 0.1) is 11.7 Å². The molecule has 0 aromatic carbocycles. The lowest BCUT2D eigenvalue weighted by molar-refractivity contribution is 0.415. The number of aromatic nitrogens is 2. The molecule has 0 bridgehead atoms. The third kappa shape index (κ3) is 1.69. The van der Waals surface area contributed by atoms with E-state index in [1.165, 1.54) is 0 Å². The number of H-pyrrole nitrogens is 1.